The average molecular weight is 626 g/mol. The Bertz CT molecular complexity index is 1200. The number of hydrogen-bond acceptors (Lipinski definition) is 7. The molecule has 2 aromatic heterocycles. The molecule has 2 atom stereocenters. The number of aliphatic hydroxyl groups is 1. The number of anilines is 1. The van der Waals surface area contributed by atoms with Crippen LogP contribution in [0.25, 0.3) is 0 Å². The molecule has 0 spiro atoms. The highest BCUT2D eigenvalue weighted by molar-refractivity contribution is 5.98. The molecule has 12 nitrogen and oxygen atoms in total. The minimum atomic E-state index is -4.76. The van der Waals surface area contributed by atoms with Crippen molar-refractivity contribution >= 4 is 23.3 Å². The van der Waals surface area contributed by atoms with E-state index >= 15 is 0 Å². The van der Waals surface area contributed by atoms with Gasteiger partial charge in [0.15, 0.2) is 0 Å². The van der Waals surface area contributed by atoms with Crippen molar-refractivity contribution in [2.75, 3.05) is 25.0 Å². The zero-order valence-electron chi connectivity index (χ0n) is 23.8. The highest BCUT2D eigenvalue weighted by Gasteiger charge is 2.30. The van der Waals surface area contributed by atoms with Gasteiger partial charge in [-0.3, -0.25) is 23.9 Å². The Kier molecular flexibility index (Phi) is 13.9. The van der Waals surface area contributed by atoms with Crippen LogP contribution in [0.5, 0.6) is 0 Å². The Morgan fingerprint density at radius 2 is 1.91 bits per heavy atom. The van der Waals surface area contributed by atoms with Crippen LogP contribution in [0.2, 0.25) is 0 Å². The van der Waals surface area contributed by atoms with Crippen molar-refractivity contribution in [3.05, 3.63) is 30.1 Å². The van der Waals surface area contributed by atoms with E-state index < -0.39 is 73.5 Å². The van der Waals surface area contributed by atoms with Crippen LogP contribution in [0.3, 0.4) is 0 Å². The Morgan fingerprint density at radius 3 is 2.44 bits per heavy atom. The second-order valence-electron chi connectivity index (χ2n) is 10.1. The number of hydrogen-bond donors (Lipinski definition) is 5. The van der Waals surface area contributed by atoms with E-state index in [2.05, 4.69) is 32.7 Å². The molecule has 0 saturated heterocycles. The molecule has 2 heterocycles. The molecule has 2 amide bonds. The number of amides is 2. The highest BCUT2D eigenvalue weighted by atomic mass is 19.4. The topological polar surface area (TPSA) is 164 Å². The summed E-state index contributed by atoms with van der Waals surface area (Å²) in [6.45, 7) is 1.26. The van der Waals surface area contributed by atoms with Gasteiger partial charge in [0.05, 0.1) is 25.4 Å². The van der Waals surface area contributed by atoms with E-state index in [0.29, 0.717) is 4.68 Å². The number of nitrogens with zero attached hydrogens (tertiary/aromatic N) is 5. The largest absolute Gasteiger partial charge is 0.408 e. The first kappa shape index (κ1) is 35.5. The molecule has 1 aliphatic rings. The summed E-state index contributed by atoms with van der Waals surface area (Å²) in [5.74, 6) is 2.43. The average Bonchev–Trinajstić information content (AvgIpc) is 3.58. The van der Waals surface area contributed by atoms with Crippen LogP contribution in [0.15, 0.2) is 23.5 Å². The Balaban J connectivity index is 0.000000804. The fourth-order valence-electron chi connectivity index (χ4n) is 4.22. The maximum Gasteiger partial charge on any atom is 0.408 e. The van der Waals surface area contributed by atoms with Crippen molar-refractivity contribution in [1.82, 2.24) is 30.3 Å². The minimum absolute atomic E-state index is 0.0400. The van der Waals surface area contributed by atoms with Gasteiger partial charge in [-0.25, -0.2) is 14.6 Å². The Hall–Kier alpha value is -3.67. The van der Waals surface area contributed by atoms with Crippen LogP contribution < -0.4 is 21.9 Å². The Labute approximate surface area is 244 Å². The molecule has 242 valence electrons. The molecule has 18 heteroatoms. The molecule has 6 N–H and O–H groups in total. The van der Waals surface area contributed by atoms with Gasteiger partial charge in [-0.2, -0.15) is 22.7 Å². The predicted octanol–water partition coefficient (Wildman–Crippen LogP) is 3.35. The van der Waals surface area contributed by atoms with Crippen molar-refractivity contribution < 1.29 is 41.0 Å². The normalized spacial score (nSPS) is 15.8. The lowest BCUT2D eigenvalue weighted by atomic mass is 9.91. The summed E-state index contributed by atoms with van der Waals surface area (Å²) in [6, 6.07) is -0.899. The number of carbonyl (C=O) groups is 2. The van der Waals surface area contributed by atoms with E-state index in [0.717, 1.165) is 12.1 Å². The number of rotatable bonds is 11. The van der Waals surface area contributed by atoms with Crippen LogP contribution in [0, 0.1) is 11.9 Å². The van der Waals surface area contributed by atoms with Gasteiger partial charge < -0.3 is 21.2 Å². The maximum atomic E-state index is 14.3. The van der Waals surface area contributed by atoms with Gasteiger partial charge in [-0.05, 0) is 18.9 Å². The number of amidine groups is 1. The van der Waals surface area contributed by atoms with Gasteiger partial charge in [0.2, 0.25) is 12.3 Å². The molecule has 1 unspecified atom stereocenters. The first-order valence-corrected chi connectivity index (χ1v) is 13.6. The molecular weight excluding hydrogens is 588 g/mol. The molecule has 3 rings (SSSR count). The molecule has 0 bridgehead atoms. The van der Waals surface area contributed by atoms with Gasteiger partial charge in [-0.15, -0.1) is 5.10 Å². The van der Waals surface area contributed by atoms with E-state index in [1.807, 2.05) is 0 Å². The van der Waals surface area contributed by atoms with Gasteiger partial charge in [0.25, 0.3) is 11.9 Å². The monoisotopic (exact) mass is 625 g/mol. The van der Waals surface area contributed by atoms with Crippen LogP contribution in [0.4, 0.5) is 32.0 Å². The van der Waals surface area contributed by atoms with Crippen molar-refractivity contribution in [3.63, 3.8) is 0 Å². The maximum absolute atomic E-state index is 14.3. The van der Waals surface area contributed by atoms with E-state index in [1.54, 1.807) is 12.3 Å². The first-order valence-electron chi connectivity index (χ1n) is 13.6. The van der Waals surface area contributed by atoms with Crippen LogP contribution in [-0.2, 0) is 4.79 Å². The van der Waals surface area contributed by atoms with Crippen molar-refractivity contribution in [1.29, 1.82) is 0 Å². The molecule has 2 aromatic rings. The second-order valence-corrected chi connectivity index (χ2v) is 10.1. The summed E-state index contributed by atoms with van der Waals surface area (Å²) in [5, 5.41) is 20.8. The quantitative estimate of drug-likeness (QED) is 0.0840. The highest BCUT2D eigenvalue weighted by Crippen LogP contribution is 2.23. The summed E-state index contributed by atoms with van der Waals surface area (Å²) in [7, 11) is 0. The second kappa shape index (κ2) is 16.8. The third-order valence-corrected chi connectivity index (χ3v) is 6.46. The summed E-state index contributed by atoms with van der Waals surface area (Å²) in [5.41, 5.74) is 1.23. The first-order chi connectivity index (χ1) is 20.2. The molecule has 0 radical (unpaired) electrons. The molecule has 1 aliphatic carbocycles. The SMILES string of the molecule is CC1CCCCC1.C[C@@H](CO)n1nccc1C(=O)NCC(=O)Nc1cn(C(CC(F)F)C(=NCC(F)(F)F)NN)nc1F. The lowest BCUT2D eigenvalue weighted by Gasteiger charge is -2.19. The van der Waals surface area contributed by atoms with Gasteiger partial charge in [0.1, 0.15) is 29.8 Å². The number of carbonyl (C=O) groups excluding carboxylic acids is 2. The van der Waals surface area contributed by atoms with Gasteiger partial charge in [0, 0.05) is 12.6 Å². The van der Waals surface area contributed by atoms with Crippen LogP contribution >= 0.6 is 0 Å². The fourth-order valence-corrected chi connectivity index (χ4v) is 4.22. The summed E-state index contributed by atoms with van der Waals surface area (Å²) in [6.07, 6.45) is 0.577. The lowest BCUT2D eigenvalue weighted by molar-refractivity contribution is -0.118. The number of halogens is 6. The zero-order chi connectivity index (χ0) is 32.2. The number of nitrogens with two attached hydrogens (primary N) is 1. The van der Waals surface area contributed by atoms with E-state index in [9.17, 15) is 41.0 Å². The van der Waals surface area contributed by atoms with Gasteiger partial charge >= 0.3 is 6.18 Å². The standard InChI is InChI=1S/C18H23F6N9O3.C7H14/c1-9(7-34)33-11(2-3-28-33)17(36)26-5-14(35)29-10-6-32(31-15(10)21)12(4-13(19)20)16(30-25)27-8-18(22,23)24;1-7-5-3-2-4-6-7/h2-3,6,9,12-13,34H,4-5,7-8,25H2,1H3,(H,26,36)(H,27,30)(H,29,35);7H,2-6H2,1H3/t9-,12?;/m0./s1. The lowest BCUT2D eigenvalue weighted by Crippen LogP contribution is -2.39. The molecule has 43 heavy (non-hydrogen) atoms. The number of aromatic nitrogens is 4. The predicted molar refractivity (Wildman–Crippen MR) is 145 cm³/mol. The zero-order valence-corrected chi connectivity index (χ0v) is 23.8. The van der Waals surface area contributed by atoms with E-state index in [-0.39, 0.29) is 12.3 Å². The smallest absolute Gasteiger partial charge is 0.394 e. The van der Waals surface area contributed by atoms with Gasteiger partial charge in [-0.1, -0.05) is 39.0 Å². The molecular formula is C25H37F6N9O3. The third kappa shape index (κ3) is 11.9. The summed E-state index contributed by atoms with van der Waals surface area (Å²) >= 11 is 0. The number of hydrazine groups is 1. The number of aliphatic hydroxyl groups excluding tert-OH is 1. The van der Waals surface area contributed by atoms with Crippen LogP contribution in [-0.4, -0.2) is 74.6 Å². The van der Waals surface area contributed by atoms with E-state index in [1.165, 1.54) is 49.0 Å². The fraction of sp³-hybridized carbons (Fsp3) is 0.640. The number of alkyl halides is 5. The molecule has 0 aromatic carbocycles. The molecule has 0 aliphatic heterocycles. The minimum Gasteiger partial charge on any atom is -0.394 e. The third-order valence-electron chi connectivity index (χ3n) is 6.46. The summed E-state index contributed by atoms with van der Waals surface area (Å²) in [4.78, 5) is 27.6. The number of nitrogens with one attached hydrogen (secondary N) is 3. The molecule has 1 fully saturated rings. The van der Waals surface area contributed by atoms with Crippen molar-refractivity contribution in [2.24, 2.45) is 16.8 Å². The number of aliphatic imine (C=N–C) groups is 1. The van der Waals surface area contributed by atoms with Crippen molar-refractivity contribution in [3.8, 4) is 0 Å². The Morgan fingerprint density at radius 1 is 1.23 bits per heavy atom. The van der Waals surface area contributed by atoms with E-state index in [4.69, 9.17) is 5.84 Å². The van der Waals surface area contributed by atoms with Crippen LogP contribution in [0.1, 0.15) is 74.9 Å². The molecule has 1 saturated carbocycles. The van der Waals surface area contributed by atoms with Crippen molar-refractivity contribution in [2.45, 2.75) is 77.1 Å². The summed E-state index contributed by atoms with van der Waals surface area (Å²) < 4.78 is 79.6.